The van der Waals surface area contributed by atoms with Crippen molar-refractivity contribution in [2.75, 3.05) is 6.61 Å². The Bertz CT molecular complexity index is 992. The average Bonchev–Trinajstić information content (AvgIpc) is 3.42. The zero-order valence-corrected chi connectivity index (χ0v) is 19.5. The highest BCUT2D eigenvalue weighted by Gasteiger charge is 2.44. The maximum absolute atomic E-state index is 5.81. The number of hydrazone groups is 1. The molecule has 0 amide bonds. The van der Waals surface area contributed by atoms with Crippen LogP contribution in [0.25, 0.3) is 0 Å². The molecule has 0 bridgehead atoms. The van der Waals surface area contributed by atoms with Gasteiger partial charge in [0.25, 0.3) is 0 Å². The molecule has 0 aromatic heterocycles. The van der Waals surface area contributed by atoms with Crippen molar-refractivity contribution in [3.8, 4) is 5.75 Å². The summed E-state index contributed by atoms with van der Waals surface area (Å²) in [6, 6.07) is 17.8. The third-order valence-corrected chi connectivity index (χ3v) is 7.24. The lowest BCUT2D eigenvalue weighted by molar-refractivity contribution is 0.152. The summed E-state index contributed by atoms with van der Waals surface area (Å²) in [7, 11) is 0. The lowest BCUT2D eigenvalue weighted by atomic mass is 10.00. The fourth-order valence-corrected chi connectivity index (χ4v) is 5.36. The minimum atomic E-state index is 0.147. The molecule has 3 aliphatic heterocycles. The minimum Gasteiger partial charge on any atom is -0.494 e. The largest absolute Gasteiger partial charge is 0.494 e. The second-order valence-corrected chi connectivity index (χ2v) is 9.56. The molecular formula is C25H31N5OS. The van der Waals surface area contributed by atoms with E-state index in [1.165, 1.54) is 16.7 Å². The summed E-state index contributed by atoms with van der Waals surface area (Å²) in [6.07, 6.45) is 7.67. The van der Waals surface area contributed by atoms with Crippen LogP contribution >= 0.6 is 11.8 Å². The van der Waals surface area contributed by atoms with Gasteiger partial charge < -0.3 is 14.6 Å². The number of unbranched alkanes of at least 4 members (excludes halogenated alkanes) is 1. The summed E-state index contributed by atoms with van der Waals surface area (Å²) in [6.45, 7) is 5.10. The molecule has 1 saturated heterocycles. The first-order chi connectivity index (χ1) is 15.7. The predicted octanol–water partition coefficient (Wildman–Crippen LogP) is 4.71. The van der Waals surface area contributed by atoms with Crippen molar-refractivity contribution in [3.05, 3.63) is 77.6 Å². The second kappa shape index (κ2) is 9.46. The number of ether oxygens (including phenoxy) is 1. The van der Waals surface area contributed by atoms with Crippen LogP contribution in [-0.4, -0.2) is 33.9 Å². The van der Waals surface area contributed by atoms with Gasteiger partial charge in [0.15, 0.2) is 5.17 Å². The molecule has 2 aromatic rings. The van der Waals surface area contributed by atoms with Crippen molar-refractivity contribution in [1.29, 1.82) is 0 Å². The lowest BCUT2D eigenvalue weighted by Gasteiger charge is -2.36. The maximum Gasteiger partial charge on any atom is 0.189 e. The smallest absolute Gasteiger partial charge is 0.189 e. The molecule has 3 unspecified atom stereocenters. The molecule has 3 heterocycles. The first kappa shape index (κ1) is 21.2. The van der Waals surface area contributed by atoms with Gasteiger partial charge in [0, 0.05) is 18.2 Å². The molecule has 168 valence electrons. The van der Waals surface area contributed by atoms with Gasteiger partial charge in [-0.25, -0.2) is 5.43 Å². The molecular weight excluding hydrogens is 418 g/mol. The Hall–Kier alpha value is -2.64. The van der Waals surface area contributed by atoms with Gasteiger partial charge in [-0.05, 0) is 43.0 Å². The van der Waals surface area contributed by atoms with Crippen LogP contribution in [0.5, 0.6) is 5.75 Å². The number of hydrazine groups is 1. The summed E-state index contributed by atoms with van der Waals surface area (Å²) < 4.78 is 5.81. The quantitative estimate of drug-likeness (QED) is 0.597. The van der Waals surface area contributed by atoms with E-state index in [1.807, 2.05) is 0 Å². The molecule has 0 saturated carbocycles. The third kappa shape index (κ3) is 4.45. The third-order valence-electron chi connectivity index (χ3n) is 6.20. The zero-order valence-electron chi connectivity index (χ0n) is 18.7. The number of nitrogens with one attached hydrogen (secondary N) is 2. The number of thioether (sulfide) groups is 1. The van der Waals surface area contributed by atoms with Gasteiger partial charge >= 0.3 is 0 Å². The fourth-order valence-electron chi connectivity index (χ4n) is 4.45. The Morgan fingerprint density at radius 3 is 2.84 bits per heavy atom. The van der Waals surface area contributed by atoms with Crippen LogP contribution in [-0.2, 0) is 5.75 Å². The van der Waals surface area contributed by atoms with Crippen molar-refractivity contribution in [2.45, 2.75) is 57.1 Å². The van der Waals surface area contributed by atoms with E-state index in [0.717, 1.165) is 42.5 Å². The number of hydrogen-bond donors (Lipinski definition) is 2. The monoisotopic (exact) mass is 449 g/mol. The molecule has 0 aliphatic carbocycles. The van der Waals surface area contributed by atoms with Gasteiger partial charge in [0.1, 0.15) is 11.9 Å². The van der Waals surface area contributed by atoms with Gasteiger partial charge in [0.05, 0.1) is 18.7 Å². The van der Waals surface area contributed by atoms with E-state index in [0.29, 0.717) is 6.04 Å². The molecule has 5 rings (SSSR count). The summed E-state index contributed by atoms with van der Waals surface area (Å²) in [5, 5.41) is 7.92. The SMILES string of the molecule is CCCCOc1ccc(C2CC3C4NN=C(SCc5cccc(C)c5)N4C=CN3N2)cc1. The van der Waals surface area contributed by atoms with Crippen molar-refractivity contribution < 1.29 is 4.74 Å². The van der Waals surface area contributed by atoms with Crippen LogP contribution < -0.4 is 15.6 Å². The minimum absolute atomic E-state index is 0.147. The van der Waals surface area contributed by atoms with E-state index in [2.05, 4.69) is 101 Å². The Morgan fingerprint density at radius 2 is 2.03 bits per heavy atom. The lowest BCUT2D eigenvalue weighted by Crippen LogP contribution is -2.54. The maximum atomic E-state index is 5.81. The van der Waals surface area contributed by atoms with Crippen molar-refractivity contribution >= 4 is 16.9 Å². The summed E-state index contributed by atoms with van der Waals surface area (Å²) in [4.78, 5) is 2.27. The Kier molecular flexibility index (Phi) is 6.28. The molecule has 7 heteroatoms. The number of rotatable bonds is 7. The highest BCUT2D eigenvalue weighted by atomic mass is 32.2. The van der Waals surface area contributed by atoms with Crippen molar-refractivity contribution in [2.24, 2.45) is 5.10 Å². The Labute approximate surface area is 194 Å². The standard InChI is InChI=1S/C25H31N5OS/c1-3-4-14-31-21-10-8-20(9-11-21)22-16-23-24-26-27-25(29(24)12-13-30(23)28-22)32-17-19-7-5-6-18(2)15-19/h5-13,15,22-24,26,28H,3-4,14,16-17H2,1-2H3. The summed E-state index contributed by atoms with van der Waals surface area (Å²) in [5.41, 5.74) is 10.9. The van der Waals surface area contributed by atoms with E-state index in [1.54, 1.807) is 11.8 Å². The normalized spacial score (nSPS) is 23.6. The summed E-state index contributed by atoms with van der Waals surface area (Å²) >= 11 is 1.78. The van der Waals surface area contributed by atoms with Crippen LogP contribution in [0.3, 0.4) is 0 Å². The molecule has 3 aliphatic rings. The molecule has 3 atom stereocenters. The van der Waals surface area contributed by atoms with Crippen molar-refractivity contribution in [3.63, 3.8) is 0 Å². The molecule has 0 spiro atoms. The van der Waals surface area contributed by atoms with E-state index in [-0.39, 0.29) is 12.2 Å². The van der Waals surface area contributed by atoms with Gasteiger partial charge in [-0.3, -0.25) is 5.43 Å². The number of hydrogen-bond acceptors (Lipinski definition) is 7. The van der Waals surface area contributed by atoms with E-state index in [4.69, 9.17) is 4.74 Å². The van der Waals surface area contributed by atoms with Crippen LogP contribution in [0, 0.1) is 6.92 Å². The molecule has 1 fully saturated rings. The van der Waals surface area contributed by atoms with E-state index < -0.39 is 0 Å². The van der Waals surface area contributed by atoms with Crippen LogP contribution in [0.15, 0.2) is 66.0 Å². The molecule has 2 aromatic carbocycles. The van der Waals surface area contributed by atoms with Gasteiger partial charge in [-0.1, -0.05) is 67.1 Å². The van der Waals surface area contributed by atoms with E-state index >= 15 is 0 Å². The summed E-state index contributed by atoms with van der Waals surface area (Å²) in [5.74, 6) is 1.87. The molecule has 32 heavy (non-hydrogen) atoms. The number of nitrogens with zero attached hydrogens (tertiary/aromatic N) is 3. The number of fused-ring (bicyclic) bond motifs is 3. The Balaban J connectivity index is 1.19. The molecule has 0 radical (unpaired) electrons. The predicted molar refractivity (Wildman–Crippen MR) is 131 cm³/mol. The average molecular weight is 450 g/mol. The van der Waals surface area contributed by atoms with Crippen LogP contribution in [0.4, 0.5) is 0 Å². The molecule has 2 N–H and O–H groups in total. The van der Waals surface area contributed by atoms with Gasteiger partial charge in [0.2, 0.25) is 0 Å². The second-order valence-electron chi connectivity index (χ2n) is 8.61. The highest BCUT2D eigenvalue weighted by molar-refractivity contribution is 8.13. The van der Waals surface area contributed by atoms with Crippen LogP contribution in [0.2, 0.25) is 0 Å². The van der Waals surface area contributed by atoms with Crippen LogP contribution in [0.1, 0.15) is 48.9 Å². The van der Waals surface area contributed by atoms with E-state index in [9.17, 15) is 0 Å². The van der Waals surface area contributed by atoms with Gasteiger partial charge in [-0.2, -0.15) is 5.10 Å². The number of amidine groups is 1. The first-order valence-corrected chi connectivity index (χ1v) is 12.5. The van der Waals surface area contributed by atoms with Crippen molar-refractivity contribution in [1.82, 2.24) is 20.8 Å². The Morgan fingerprint density at radius 1 is 1.16 bits per heavy atom. The number of aryl methyl sites for hydroxylation is 1. The zero-order chi connectivity index (χ0) is 21.9. The number of benzene rings is 2. The topological polar surface area (TPSA) is 52.1 Å². The van der Waals surface area contributed by atoms with Gasteiger partial charge in [-0.15, -0.1) is 0 Å². The fraction of sp³-hybridized carbons (Fsp3) is 0.400. The first-order valence-electron chi connectivity index (χ1n) is 11.5. The highest BCUT2D eigenvalue weighted by Crippen LogP contribution is 2.36. The molecule has 6 nitrogen and oxygen atoms in total.